The third-order valence-electron chi connectivity index (χ3n) is 12.0. The molecule has 5 nitrogen and oxygen atoms in total. The summed E-state index contributed by atoms with van der Waals surface area (Å²) < 4.78 is 4.67. The van der Waals surface area contributed by atoms with Crippen LogP contribution in [0, 0.1) is 0 Å². The number of aromatic nitrogens is 5. The number of fused-ring (bicyclic) bond motifs is 10. The van der Waals surface area contributed by atoms with Gasteiger partial charge in [-0.1, -0.05) is 109 Å². The molecule has 6 aromatic carbocycles. The van der Waals surface area contributed by atoms with Crippen molar-refractivity contribution in [2.45, 2.75) is 5.41 Å². The number of para-hydroxylation sites is 1. The van der Waals surface area contributed by atoms with E-state index in [2.05, 4.69) is 189 Å². The molecule has 1 aliphatic rings. The molecule has 0 saturated carbocycles. The first-order valence-corrected chi connectivity index (χ1v) is 19.1. The lowest BCUT2D eigenvalue weighted by Gasteiger charge is -2.33. The van der Waals surface area contributed by atoms with Gasteiger partial charge in [-0.25, -0.2) is 0 Å². The number of rotatable bonds is 5. The molecule has 56 heavy (non-hydrogen) atoms. The largest absolute Gasteiger partial charge is 0.347 e. The number of pyridine rings is 2. The van der Waals surface area contributed by atoms with Crippen LogP contribution in [0.1, 0.15) is 22.3 Å². The summed E-state index contributed by atoms with van der Waals surface area (Å²) >= 11 is 0. The maximum Gasteiger partial charge on any atom is 0.124 e. The molecule has 0 spiro atoms. The highest BCUT2D eigenvalue weighted by molar-refractivity contribution is 6.18. The molecular weight excluding hydrogens is 683 g/mol. The number of nitrogens with zero attached hydrogens (tertiary/aromatic N) is 4. The van der Waals surface area contributed by atoms with Gasteiger partial charge in [-0.2, -0.15) is 0 Å². The van der Waals surface area contributed by atoms with Gasteiger partial charge < -0.3 is 9.55 Å². The van der Waals surface area contributed by atoms with Crippen molar-refractivity contribution in [3.8, 4) is 33.6 Å². The van der Waals surface area contributed by atoms with Gasteiger partial charge in [0.25, 0.3) is 0 Å². The van der Waals surface area contributed by atoms with Gasteiger partial charge in [0.15, 0.2) is 0 Å². The van der Waals surface area contributed by atoms with Crippen molar-refractivity contribution in [2.24, 2.45) is 0 Å². The molecule has 11 aromatic rings. The summed E-state index contributed by atoms with van der Waals surface area (Å²) in [5.41, 5.74) is 17.1. The van der Waals surface area contributed by atoms with Gasteiger partial charge in [0, 0.05) is 57.9 Å². The Labute approximate surface area is 322 Å². The topological polar surface area (TPSA) is 51.4 Å². The summed E-state index contributed by atoms with van der Waals surface area (Å²) in [6.45, 7) is 0. The molecule has 0 saturated heterocycles. The maximum absolute atomic E-state index is 4.73. The van der Waals surface area contributed by atoms with Crippen LogP contribution in [0.4, 0.5) is 0 Å². The fraction of sp³-hybridized carbons (Fsp3) is 0.0196. The SMILES string of the molecule is c1ccc(C2(c3ccccc3)c3ccncc3-c3c2ccc2c3c3ccccc3n2-c2ccc(-c3ccc(-n4c5cccnc5c5cc[nH]c54)cc3)cc2)cc1. The molecule has 0 unspecified atom stereocenters. The minimum Gasteiger partial charge on any atom is -0.347 e. The van der Waals surface area contributed by atoms with Crippen molar-refractivity contribution < 1.29 is 0 Å². The molecule has 1 N–H and O–H groups in total. The van der Waals surface area contributed by atoms with Crippen LogP contribution in [-0.2, 0) is 5.41 Å². The van der Waals surface area contributed by atoms with Gasteiger partial charge >= 0.3 is 0 Å². The number of hydrogen-bond acceptors (Lipinski definition) is 2. The van der Waals surface area contributed by atoms with Gasteiger partial charge in [-0.3, -0.25) is 14.5 Å². The molecule has 0 aliphatic heterocycles. The number of hydrogen-bond donors (Lipinski definition) is 1. The van der Waals surface area contributed by atoms with Crippen LogP contribution in [0.25, 0.3) is 77.5 Å². The monoisotopic (exact) mass is 715 g/mol. The summed E-state index contributed by atoms with van der Waals surface area (Å²) in [5.74, 6) is 0. The van der Waals surface area contributed by atoms with E-state index in [1.165, 1.54) is 66.3 Å². The normalized spacial score (nSPS) is 13.1. The highest BCUT2D eigenvalue weighted by Gasteiger charge is 2.47. The van der Waals surface area contributed by atoms with Gasteiger partial charge in [0.1, 0.15) is 5.65 Å². The van der Waals surface area contributed by atoms with Gasteiger partial charge in [-0.15, -0.1) is 0 Å². The average molecular weight is 716 g/mol. The minimum absolute atomic E-state index is 0.483. The van der Waals surface area contributed by atoms with E-state index in [9.17, 15) is 0 Å². The Balaban J connectivity index is 1.01. The number of H-pyrrole nitrogens is 1. The molecule has 5 aromatic heterocycles. The van der Waals surface area contributed by atoms with E-state index >= 15 is 0 Å². The molecule has 5 heteroatoms. The van der Waals surface area contributed by atoms with Crippen molar-refractivity contribution in [1.82, 2.24) is 24.1 Å². The Morgan fingerprint density at radius 1 is 0.482 bits per heavy atom. The average Bonchev–Trinajstić information content (AvgIpc) is 4.03. The zero-order chi connectivity index (χ0) is 36.8. The highest BCUT2D eigenvalue weighted by Crippen LogP contribution is 2.58. The minimum atomic E-state index is -0.483. The van der Waals surface area contributed by atoms with Crippen LogP contribution in [0.5, 0.6) is 0 Å². The fourth-order valence-corrected chi connectivity index (χ4v) is 9.68. The van der Waals surface area contributed by atoms with E-state index in [-0.39, 0.29) is 0 Å². The van der Waals surface area contributed by atoms with Gasteiger partial charge in [0.2, 0.25) is 0 Å². The van der Waals surface area contributed by atoms with Crippen LogP contribution < -0.4 is 0 Å². The van der Waals surface area contributed by atoms with Crippen LogP contribution >= 0.6 is 0 Å². The molecular formula is C51H33N5. The third kappa shape index (κ3) is 4.14. The Bertz CT molecular complexity index is 3240. The molecule has 0 atom stereocenters. The van der Waals surface area contributed by atoms with Gasteiger partial charge in [0.05, 0.1) is 27.5 Å². The lowest BCUT2D eigenvalue weighted by molar-refractivity contribution is 0.767. The van der Waals surface area contributed by atoms with Crippen molar-refractivity contribution in [3.63, 3.8) is 0 Å². The number of benzene rings is 6. The smallest absolute Gasteiger partial charge is 0.124 e. The van der Waals surface area contributed by atoms with Crippen molar-refractivity contribution in [1.29, 1.82) is 0 Å². The summed E-state index contributed by atoms with van der Waals surface area (Å²) in [4.78, 5) is 12.8. The first-order chi connectivity index (χ1) is 27.8. The molecule has 12 rings (SSSR count). The van der Waals surface area contributed by atoms with Crippen molar-refractivity contribution in [3.05, 3.63) is 217 Å². The van der Waals surface area contributed by atoms with E-state index in [0.717, 1.165) is 33.4 Å². The van der Waals surface area contributed by atoms with Crippen LogP contribution in [0.2, 0.25) is 0 Å². The zero-order valence-electron chi connectivity index (χ0n) is 30.3. The lowest BCUT2D eigenvalue weighted by Crippen LogP contribution is -2.28. The second-order valence-corrected chi connectivity index (χ2v) is 14.7. The van der Waals surface area contributed by atoms with E-state index in [4.69, 9.17) is 4.98 Å². The Kier molecular flexibility index (Phi) is 6.48. The van der Waals surface area contributed by atoms with E-state index in [1.807, 2.05) is 24.7 Å². The molecule has 262 valence electrons. The van der Waals surface area contributed by atoms with E-state index in [1.54, 1.807) is 0 Å². The molecule has 0 radical (unpaired) electrons. The van der Waals surface area contributed by atoms with E-state index in [0.29, 0.717) is 0 Å². The summed E-state index contributed by atoms with van der Waals surface area (Å²) in [7, 11) is 0. The summed E-state index contributed by atoms with van der Waals surface area (Å²) in [5, 5.41) is 3.61. The summed E-state index contributed by atoms with van der Waals surface area (Å²) in [6, 6.07) is 61.7. The Morgan fingerprint density at radius 2 is 1.14 bits per heavy atom. The van der Waals surface area contributed by atoms with Crippen LogP contribution in [0.15, 0.2) is 195 Å². The second kappa shape index (κ2) is 11.7. The number of aromatic amines is 1. The molecule has 0 bridgehead atoms. The Hall–Kier alpha value is -7.50. The fourth-order valence-electron chi connectivity index (χ4n) is 9.68. The second-order valence-electron chi connectivity index (χ2n) is 14.7. The predicted octanol–water partition coefficient (Wildman–Crippen LogP) is 12.0. The standard InChI is InChI=1S/C51H33N5/c1-3-10-35(11-4-1)51(36-12-5-2-6-13-36)42-28-30-52-32-41(42)47-43(51)25-26-45-48(47)39-14-7-8-15-44(39)55(45)37-21-17-33(18-22-37)34-19-23-38(24-20-34)56-46-16-9-29-53-49(46)40-27-31-54-50(40)56/h1-32,54H. The summed E-state index contributed by atoms with van der Waals surface area (Å²) in [6.07, 6.45) is 7.86. The van der Waals surface area contributed by atoms with Crippen LogP contribution in [-0.4, -0.2) is 24.1 Å². The zero-order valence-corrected chi connectivity index (χ0v) is 30.3. The van der Waals surface area contributed by atoms with Gasteiger partial charge in [-0.05, 0) is 99.6 Å². The van der Waals surface area contributed by atoms with Crippen LogP contribution in [0.3, 0.4) is 0 Å². The third-order valence-corrected chi connectivity index (χ3v) is 12.0. The van der Waals surface area contributed by atoms with E-state index < -0.39 is 5.41 Å². The molecule has 0 fully saturated rings. The molecule has 1 aliphatic carbocycles. The predicted molar refractivity (Wildman–Crippen MR) is 228 cm³/mol. The highest BCUT2D eigenvalue weighted by atomic mass is 15.1. The first kappa shape index (κ1) is 30.9. The Morgan fingerprint density at radius 3 is 1.88 bits per heavy atom. The lowest BCUT2D eigenvalue weighted by atomic mass is 9.68. The molecule has 0 amide bonds. The first-order valence-electron chi connectivity index (χ1n) is 19.1. The van der Waals surface area contributed by atoms with Crippen molar-refractivity contribution in [2.75, 3.05) is 0 Å². The van der Waals surface area contributed by atoms with Crippen molar-refractivity contribution >= 4 is 43.9 Å². The molecule has 5 heterocycles. The quantitative estimate of drug-likeness (QED) is 0.193. The maximum atomic E-state index is 4.73. The number of nitrogens with one attached hydrogen (secondary N) is 1.